The summed E-state index contributed by atoms with van der Waals surface area (Å²) in [4.78, 5) is 39.5. The van der Waals surface area contributed by atoms with E-state index in [0.717, 1.165) is 16.0 Å². The highest BCUT2D eigenvalue weighted by atomic mass is 35.5. The number of rotatable bonds is 10. The topological polar surface area (TPSA) is 94.2 Å². The highest BCUT2D eigenvalue weighted by Gasteiger charge is 2.37. The van der Waals surface area contributed by atoms with E-state index in [1.54, 1.807) is 54.6 Å². The monoisotopic (exact) mass is 546 g/mol. The first-order valence-corrected chi connectivity index (χ1v) is 12.6. The molecule has 1 heterocycles. The van der Waals surface area contributed by atoms with Crippen LogP contribution in [0.15, 0.2) is 78.9 Å². The van der Waals surface area contributed by atoms with E-state index < -0.39 is 17.8 Å². The van der Waals surface area contributed by atoms with Crippen molar-refractivity contribution < 1.29 is 28.6 Å². The Morgan fingerprint density at radius 3 is 2.36 bits per heavy atom. The number of methoxy groups -OCH3 is 1. The number of hydrogen-bond donors (Lipinski definition) is 1. The second-order valence-corrected chi connectivity index (χ2v) is 8.94. The van der Waals surface area contributed by atoms with Gasteiger partial charge in [-0.3, -0.25) is 14.9 Å². The molecule has 39 heavy (non-hydrogen) atoms. The lowest BCUT2D eigenvalue weighted by Gasteiger charge is -2.26. The first kappa shape index (κ1) is 27.5. The lowest BCUT2D eigenvalue weighted by atomic mass is 10.0. The summed E-state index contributed by atoms with van der Waals surface area (Å²) in [5, 5.41) is 2.87. The van der Waals surface area contributed by atoms with Crippen LogP contribution in [0.25, 0.3) is 6.08 Å². The number of carbonyl (C=O) groups excluding carboxylic acids is 3. The molecule has 0 saturated carbocycles. The number of benzene rings is 3. The molecule has 8 nitrogen and oxygen atoms in total. The number of carbonyl (C=O) groups is 3. The van der Waals surface area contributed by atoms with Crippen LogP contribution in [0.3, 0.4) is 0 Å². The molecule has 200 valence electrons. The van der Waals surface area contributed by atoms with Gasteiger partial charge in [-0.1, -0.05) is 29.8 Å². The number of hydrogen-bond acceptors (Lipinski definition) is 6. The van der Waals surface area contributed by atoms with Gasteiger partial charge < -0.3 is 14.2 Å². The van der Waals surface area contributed by atoms with Crippen molar-refractivity contribution in [2.45, 2.75) is 20.0 Å². The molecule has 4 rings (SSSR count). The van der Waals surface area contributed by atoms with Gasteiger partial charge in [-0.2, -0.15) is 0 Å². The molecule has 0 unspecified atom stereocenters. The van der Waals surface area contributed by atoms with Crippen molar-refractivity contribution in [3.63, 3.8) is 0 Å². The minimum Gasteiger partial charge on any atom is -0.494 e. The third-order valence-electron chi connectivity index (χ3n) is 5.85. The van der Waals surface area contributed by atoms with Gasteiger partial charge in [0.05, 0.1) is 19.4 Å². The third kappa shape index (κ3) is 6.30. The fourth-order valence-corrected chi connectivity index (χ4v) is 4.17. The zero-order valence-electron chi connectivity index (χ0n) is 21.5. The molecule has 1 N–H and O–H groups in total. The Kier molecular flexibility index (Phi) is 8.68. The fourth-order valence-electron chi connectivity index (χ4n) is 4.04. The summed E-state index contributed by atoms with van der Waals surface area (Å²) in [5.74, 6) is -0.0173. The van der Waals surface area contributed by atoms with Gasteiger partial charge >= 0.3 is 6.03 Å². The van der Waals surface area contributed by atoms with Crippen LogP contribution in [0, 0.1) is 0 Å². The highest BCUT2D eigenvalue weighted by Crippen LogP contribution is 2.35. The summed E-state index contributed by atoms with van der Waals surface area (Å²) in [6.45, 7) is 6.43. The summed E-state index contributed by atoms with van der Waals surface area (Å²) in [6.07, 6.45) is 3.58. The van der Waals surface area contributed by atoms with Crippen LogP contribution in [0.1, 0.15) is 23.6 Å². The van der Waals surface area contributed by atoms with E-state index in [9.17, 15) is 14.4 Å². The zero-order valence-corrected chi connectivity index (χ0v) is 22.3. The van der Waals surface area contributed by atoms with Gasteiger partial charge in [0.1, 0.15) is 17.9 Å². The Balaban J connectivity index is 1.66. The molecule has 0 aromatic heterocycles. The summed E-state index contributed by atoms with van der Waals surface area (Å²) < 4.78 is 17.1. The average molecular weight is 547 g/mol. The van der Waals surface area contributed by atoms with E-state index >= 15 is 0 Å². The van der Waals surface area contributed by atoms with Gasteiger partial charge in [-0.05, 0) is 79.1 Å². The van der Waals surface area contributed by atoms with Gasteiger partial charge in [0.15, 0.2) is 11.5 Å². The van der Waals surface area contributed by atoms with Crippen molar-refractivity contribution in [3.8, 4) is 17.2 Å². The van der Waals surface area contributed by atoms with Gasteiger partial charge in [-0.25, -0.2) is 9.69 Å². The van der Waals surface area contributed by atoms with Crippen LogP contribution in [0.4, 0.5) is 10.5 Å². The van der Waals surface area contributed by atoms with Gasteiger partial charge in [-0.15, -0.1) is 6.58 Å². The number of allylic oxidation sites excluding steroid dienone is 1. The number of nitrogens with one attached hydrogen (secondary N) is 1. The van der Waals surface area contributed by atoms with Crippen LogP contribution in [0.2, 0.25) is 5.02 Å². The molecular formula is C30H27ClN2O6. The number of barbiturate groups is 1. The minimum absolute atomic E-state index is 0.204. The molecule has 0 bridgehead atoms. The molecule has 0 radical (unpaired) electrons. The number of halogens is 1. The molecule has 9 heteroatoms. The molecule has 4 amide bonds. The molecule has 0 spiro atoms. The first-order valence-electron chi connectivity index (χ1n) is 12.2. The van der Waals surface area contributed by atoms with Gasteiger partial charge in [0.2, 0.25) is 0 Å². The predicted octanol–water partition coefficient (Wildman–Crippen LogP) is 5.72. The summed E-state index contributed by atoms with van der Waals surface area (Å²) in [5.41, 5.74) is 2.27. The van der Waals surface area contributed by atoms with E-state index in [1.807, 2.05) is 19.1 Å². The van der Waals surface area contributed by atoms with E-state index in [2.05, 4.69) is 11.9 Å². The van der Waals surface area contributed by atoms with Crippen LogP contribution in [-0.2, 0) is 22.6 Å². The normalized spacial score (nSPS) is 14.3. The minimum atomic E-state index is -0.831. The van der Waals surface area contributed by atoms with E-state index in [4.69, 9.17) is 25.8 Å². The van der Waals surface area contributed by atoms with Crippen LogP contribution in [0.5, 0.6) is 17.2 Å². The van der Waals surface area contributed by atoms with Crippen molar-refractivity contribution >= 4 is 41.2 Å². The molecule has 3 aromatic rings. The van der Waals surface area contributed by atoms with Gasteiger partial charge in [0.25, 0.3) is 11.8 Å². The third-order valence-corrected chi connectivity index (χ3v) is 6.11. The molecule has 1 aliphatic rings. The molecule has 1 saturated heterocycles. The standard InChI is InChI=1S/C30H27ClN2O6/c1-4-6-21-15-20(17-26(37-3)27(21)39-18-19-7-9-22(31)10-8-19)16-25-28(34)32-30(36)33(29(25)35)23-11-13-24(14-12-23)38-5-2/h4,7-17H,1,5-6,18H2,2-3H3,(H,32,34,36)/b25-16+. The second-order valence-electron chi connectivity index (χ2n) is 8.50. The Hall–Kier alpha value is -4.56. The maximum absolute atomic E-state index is 13.3. The number of amides is 4. The van der Waals surface area contributed by atoms with E-state index in [1.165, 1.54) is 13.2 Å². The summed E-state index contributed by atoms with van der Waals surface area (Å²) in [7, 11) is 1.50. The number of ether oxygens (including phenoxy) is 3. The Bertz CT molecular complexity index is 1430. The summed E-state index contributed by atoms with van der Waals surface area (Å²) >= 11 is 5.97. The van der Waals surface area contributed by atoms with Gasteiger partial charge in [0, 0.05) is 10.6 Å². The Morgan fingerprint density at radius 2 is 1.72 bits per heavy atom. The van der Waals surface area contributed by atoms with Crippen molar-refractivity contribution in [3.05, 3.63) is 101 Å². The van der Waals surface area contributed by atoms with Crippen molar-refractivity contribution in [1.29, 1.82) is 0 Å². The maximum Gasteiger partial charge on any atom is 0.335 e. The fraction of sp³-hybridized carbons (Fsp3) is 0.167. The van der Waals surface area contributed by atoms with Crippen LogP contribution in [-0.4, -0.2) is 31.6 Å². The van der Waals surface area contributed by atoms with E-state index in [-0.39, 0.29) is 12.2 Å². The molecule has 1 aliphatic heterocycles. The Morgan fingerprint density at radius 1 is 1.00 bits per heavy atom. The zero-order chi connectivity index (χ0) is 27.9. The second kappa shape index (κ2) is 12.3. The lowest BCUT2D eigenvalue weighted by molar-refractivity contribution is -0.122. The van der Waals surface area contributed by atoms with Crippen molar-refractivity contribution in [2.75, 3.05) is 18.6 Å². The first-order chi connectivity index (χ1) is 18.8. The maximum atomic E-state index is 13.3. The molecule has 0 aliphatic carbocycles. The Labute approximate surface area is 231 Å². The molecule has 0 atom stereocenters. The number of imide groups is 2. The number of anilines is 1. The quantitative estimate of drug-likeness (QED) is 0.198. The highest BCUT2D eigenvalue weighted by molar-refractivity contribution is 6.39. The van der Waals surface area contributed by atoms with E-state index in [0.29, 0.717) is 46.5 Å². The number of nitrogens with zero attached hydrogens (tertiary/aromatic N) is 1. The smallest absolute Gasteiger partial charge is 0.335 e. The average Bonchev–Trinajstić information content (AvgIpc) is 2.92. The van der Waals surface area contributed by atoms with Crippen LogP contribution < -0.4 is 24.4 Å². The van der Waals surface area contributed by atoms with Crippen LogP contribution >= 0.6 is 11.6 Å². The predicted molar refractivity (Wildman–Crippen MR) is 149 cm³/mol. The molecule has 1 fully saturated rings. The SMILES string of the molecule is C=CCc1cc(/C=C2\C(=O)NC(=O)N(c3ccc(OCC)cc3)C2=O)cc(OC)c1OCc1ccc(Cl)cc1. The molecular weight excluding hydrogens is 520 g/mol. The lowest BCUT2D eigenvalue weighted by Crippen LogP contribution is -2.54. The summed E-state index contributed by atoms with van der Waals surface area (Å²) in [6, 6.07) is 16.4. The molecule has 3 aromatic carbocycles. The number of urea groups is 1. The van der Waals surface area contributed by atoms with Crippen molar-refractivity contribution in [2.24, 2.45) is 0 Å². The van der Waals surface area contributed by atoms with Crippen molar-refractivity contribution in [1.82, 2.24) is 5.32 Å². The largest absolute Gasteiger partial charge is 0.494 e.